The van der Waals surface area contributed by atoms with Gasteiger partial charge in [0, 0.05) is 25.7 Å². The Hall–Kier alpha value is -1.39. The lowest BCUT2D eigenvalue weighted by molar-refractivity contribution is -0.242. The van der Waals surface area contributed by atoms with E-state index in [0.717, 1.165) is 38.5 Å². The molecule has 0 aromatic carbocycles. The van der Waals surface area contributed by atoms with Crippen LogP contribution in [0, 0.1) is 39.4 Å². The molecule has 0 aliphatic heterocycles. The van der Waals surface area contributed by atoms with Gasteiger partial charge in [0.2, 0.25) is 0 Å². The second-order valence-corrected chi connectivity index (χ2v) is 12.3. The van der Waals surface area contributed by atoms with Gasteiger partial charge in [-0.1, -0.05) is 34.6 Å². The number of esters is 2. The van der Waals surface area contributed by atoms with Crippen LogP contribution < -0.4 is 0 Å². The first kappa shape index (κ1) is 22.8. The number of hydrogen-bond acceptors (Lipinski definition) is 5. The zero-order valence-electron chi connectivity index (χ0n) is 20.4. The van der Waals surface area contributed by atoms with Crippen LogP contribution in [0.3, 0.4) is 0 Å². The summed E-state index contributed by atoms with van der Waals surface area (Å²) in [7, 11) is 0. The predicted octanol–water partition coefficient (Wildman–Crippen LogP) is 5.10. The first-order chi connectivity index (χ1) is 14.3. The van der Waals surface area contributed by atoms with E-state index in [9.17, 15) is 14.4 Å². The van der Waals surface area contributed by atoms with Crippen LogP contribution in [0.4, 0.5) is 0 Å². The maximum atomic E-state index is 13.0. The van der Waals surface area contributed by atoms with Crippen LogP contribution in [0.1, 0.15) is 93.4 Å². The van der Waals surface area contributed by atoms with Gasteiger partial charge in [0.25, 0.3) is 0 Å². The van der Waals surface area contributed by atoms with E-state index >= 15 is 0 Å². The lowest BCUT2D eigenvalue weighted by Crippen LogP contribution is -2.66. The highest BCUT2D eigenvalue weighted by atomic mass is 16.5. The number of rotatable bonds is 2. The molecule has 4 rings (SSSR count). The van der Waals surface area contributed by atoms with Gasteiger partial charge in [-0.05, 0) is 66.6 Å². The minimum Gasteiger partial charge on any atom is -0.462 e. The molecule has 0 saturated heterocycles. The molecule has 4 aliphatic carbocycles. The fraction of sp³-hybridized carbons (Fsp3) is 0.885. The van der Waals surface area contributed by atoms with Crippen LogP contribution in [0.15, 0.2) is 0 Å². The third kappa shape index (κ3) is 3.04. The smallest absolute Gasteiger partial charge is 0.302 e. The Labute approximate surface area is 187 Å². The fourth-order valence-corrected chi connectivity index (χ4v) is 9.16. The van der Waals surface area contributed by atoms with Crippen molar-refractivity contribution < 1.29 is 23.9 Å². The van der Waals surface area contributed by atoms with E-state index in [1.807, 2.05) is 0 Å². The van der Waals surface area contributed by atoms with Crippen molar-refractivity contribution in [2.24, 2.45) is 39.4 Å². The van der Waals surface area contributed by atoms with Gasteiger partial charge in [-0.3, -0.25) is 14.4 Å². The van der Waals surface area contributed by atoms with Crippen LogP contribution >= 0.6 is 0 Å². The molecule has 31 heavy (non-hydrogen) atoms. The van der Waals surface area contributed by atoms with Gasteiger partial charge >= 0.3 is 11.9 Å². The molecule has 5 nitrogen and oxygen atoms in total. The molecule has 4 saturated carbocycles. The monoisotopic (exact) mass is 432 g/mol. The molecule has 4 aliphatic rings. The number of hydrogen-bond donors (Lipinski definition) is 0. The zero-order chi connectivity index (χ0) is 23.0. The zero-order valence-corrected chi connectivity index (χ0v) is 20.4. The molecular formula is C26H40O5. The molecule has 5 heteroatoms. The Morgan fingerprint density at radius 3 is 2.10 bits per heavy atom. The number of carbonyl (C=O) groups excluding carboxylic acids is 3. The Morgan fingerprint density at radius 1 is 0.839 bits per heavy atom. The standard InChI is InChI=1S/C26H40O5/c1-15(27)30-18-14-20-24(5)11-10-21(31-16(2)28)23(3,4)19(24)9-13-25(20,6)26(7)12-8-17(29)22(18)26/h18-22H,8-14H2,1-7H3/t18-,19+,20-,21+,22+,24+,25-,26-/m1/s1. The van der Waals surface area contributed by atoms with Gasteiger partial charge < -0.3 is 9.47 Å². The summed E-state index contributed by atoms with van der Waals surface area (Å²) in [4.78, 5) is 36.7. The number of ether oxygens (including phenoxy) is 2. The Morgan fingerprint density at radius 2 is 1.48 bits per heavy atom. The predicted molar refractivity (Wildman–Crippen MR) is 117 cm³/mol. The van der Waals surface area contributed by atoms with Crippen LogP contribution in [0.2, 0.25) is 0 Å². The summed E-state index contributed by atoms with van der Waals surface area (Å²) in [5.41, 5.74) is -0.153. The fourth-order valence-electron chi connectivity index (χ4n) is 9.16. The number of fused-ring (bicyclic) bond motifs is 5. The highest BCUT2D eigenvalue weighted by Gasteiger charge is 2.71. The van der Waals surface area contributed by atoms with Crippen molar-refractivity contribution >= 4 is 17.7 Å². The topological polar surface area (TPSA) is 69.7 Å². The van der Waals surface area contributed by atoms with Crippen molar-refractivity contribution in [1.29, 1.82) is 0 Å². The van der Waals surface area contributed by atoms with Gasteiger partial charge in [0.15, 0.2) is 0 Å². The summed E-state index contributed by atoms with van der Waals surface area (Å²) in [6.07, 6.45) is 5.90. The normalized spacial score (nSPS) is 48.2. The van der Waals surface area contributed by atoms with E-state index in [1.54, 1.807) is 0 Å². The van der Waals surface area contributed by atoms with Crippen LogP contribution in [-0.4, -0.2) is 29.9 Å². The van der Waals surface area contributed by atoms with Gasteiger partial charge in [-0.25, -0.2) is 0 Å². The first-order valence-corrected chi connectivity index (χ1v) is 12.1. The summed E-state index contributed by atoms with van der Waals surface area (Å²) in [6, 6.07) is 0. The molecule has 0 spiro atoms. The Balaban J connectivity index is 1.75. The van der Waals surface area contributed by atoms with E-state index in [2.05, 4.69) is 34.6 Å². The van der Waals surface area contributed by atoms with Crippen molar-refractivity contribution in [3.8, 4) is 0 Å². The SMILES string of the molecule is CC(=O)O[C@H]1CC[C@]2(C)[C@H]3C[C@@H](OC(C)=O)[C@@H]4C(=O)CC[C@@]4(C)[C@]3(C)CC[C@H]2C1(C)C. The quantitative estimate of drug-likeness (QED) is 0.568. The Kier molecular flexibility index (Phi) is 5.19. The molecule has 0 radical (unpaired) electrons. The molecule has 0 N–H and O–H groups in total. The lowest BCUT2D eigenvalue weighted by atomic mass is 9.35. The molecule has 8 atom stereocenters. The van der Waals surface area contributed by atoms with Crippen molar-refractivity contribution in [2.45, 2.75) is 106 Å². The first-order valence-electron chi connectivity index (χ1n) is 12.1. The summed E-state index contributed by atoms with van der Waals surface area (Å²) >= 11 is 0. The number of ketones is 1. The van der Waals surface area contributed by atoms with Crippen LogP contribution in [-0.2, 0) is 23.9 Å². The average molecular weight is 433 g/mol. The molecule has 0 aromatic heterocycles. The molecule has 0 bridgehead atoms. The van der Waals surface area contributed by atoms with Crippen molar-refractivity contribution in [2.75, 3.05) is 0 Å². The minimum atomic E-state index is -0.319. The third-order valence-electron chi connectivity index (χ3n) is 10.7. The summed E-state index contributed by atoms with van der Waals surface area (Å²) in [5, 5.41) is 0. The van der Waals surface area contributed by atoms with E-state index in [0.29, 0.717) is 18.3 Å². The third-order valence-corrected chi connectivity index (χ3v) is 10.7. The summed E-state index contributed by atoms with van der Waals surface area (Å²) < 4.78 is 11.6. The molecule has 0 aromatic rings. The molecule has 0 heterocycles. The molecule has 0 amide bonds. The maximum absolute atomic E-state index is 13.0. The largest absolute Gasteiger partial charge is 0.462 e. The van der Waals surface area contributed by atoms with Gasteiger partial charge in [-0.15, -0.1) is 0 Å². The lowest BCUT2D eigenvalue weighted by Gasteiger charge is -2.70. The van der Waals surface area contributed by atoms with Crippen LogP contribution in [0.25, 0.3) is 0 Å². The molecule has 0 unspecified atom stereocenters. The molecular weight excluding hydrogens is 392 g/mol. The number of carbonyl (C=O) groups is 3. The average Bonchev–Trinajstić information content (AvgIpc) is 2.96. The second-order valence-electron chi connectivity index (χ2n) is 12.3. The van der Waals surface area contributed by atoms with E-state index < -0.39 is 0 Å². The highest BCUT2D eigenvalue weighted by molar-refractivity contribution is 5.85. The second kappa shape index (κ2) is 7.05. The molecule has 174 valence electrons. The van der Waals surface area contributed by atoms with Gasteiger partial charge in [-0.2, -0.15) is 0 Å². The van der Waals surface area contributed by atoms with Crippen molar-refractivity contribution in [1.82, 2.24) is 0 Å². The summed E-state index contributed by atoms with van der Waals surface area (Å²) in [6.45, 7) is 14.6. The molecule has 4 fully saturated rings. The maximum Gasteiger partial charge on any atom is 0.302 e. The van der Waals surface area contributed by atoms with E-state index in [-0.39, 0.29) is 57.5 Å². The minimum absolute atomic E-state index is 0.0378. The summed E-state index contributed by atoms with van der Waals surface area (Å²) in [5.74, 6) is 0.406. The Bertz CT molecular complexity index is 802. The number of Topliss-reactive ketones (excluding diaryl/α,β-unsaturated/α-hetero) is 1. The van der Waals surface area contributed by atoms with E-state index in [4.69, 9.17) is 9.47 Å². The van der Waals surface area contributed by atoms with Gasteiger partial charge in [0.05, 0.1) is 5.92 Å². The highest BCUT2D eigenvalue weighted by Crippen LogP contribution is 2.74. The van der Waals surface area contributed by atoms with Crippen molar-refractivity contribution in [3.63, 3.8) is 0 Å². The van der Waals surface area contributed by atoms with E-state index in [1.165, 1.54) is 13.8 Å². The van der Waals surface area contributed by atoms with Gasteiger partial charge in [0.1, 0.15) is 18.0 Å². The van der Waals surface area contributed by atoms with Crippen molar-refractivity contribution in [3.05, 3.63) is 0 Å². The van der Waals surface area contributed by atoms with Crippen LogP contribution in [0.5, 0.6) is 0 Å².